The van der Waals surface area contributed by atoms with Crippen LogP contribution in [0.3, 0.4) is 0 Å². The Morgan fingerprint density at radius 3 is 1.20 bits per heavy atom. The number of allylic oxidation sites excluding steroid dienone is 11. The number of amides is 1. The highest BCUT2D eigenvalue weighted by atomic mass is 16.3. The summed E-state index contributed by atoms with van der Waals surface area (Å²) in [6.45, 7) is 4.27. The van der Waals surface area contributed by atoms with Crippen LogP contribution in [-0.4, -0.2) is 34.9 Å². The van der Waals surface area contributed by atoms with E-state index < -0.39 is 12.1 Å². The normalized spacial score (nSPS) is 13.6. The van der Waals surface area contributed by atoms with E-state index in [1.807, 2.05) is 6.08 Å². The van der Waals surface area contributed by atoms with Gasteiger partial charge in [-0.05, 0) is 83.5 Å². The first-order valence-corrected chi connectivity index (χ1v) is 23.2. The Bertz CT molecular complexity index is 946. The highest BCUT2D eigenvalue weighted by Crippen LogP contribution is 2.13. The third kappa shape index (κ3) is 41.0. The van der Waals surface area contributed by atoms with E-state index in [9.17, 15) is 15.0 Å². The largest absolute Gasteiger partial charge is 0.394 e. The zero-order chi connectivity index (χ0) is 39.3. The molecule has 0 saturated carbocycles. The van der Waals surface area contributed by atoms with E-state index in [0.29, 0.717) is 6.42 Å². The minimum absolute atomic E-state index is 0.0923. The second kappa shape index (κ2) is 45.2. The highest BCUT2D eigenvalue weighted by molar-refractivity contribution is 5.76. The Hall–Kier alpha value is -2.17. The summed E-state index contributed by atoms with van der Waals surface area (Å²) < 4.78 is 0. The second-order valence-corrected chi connectivity index (χ2v) is 15.4. The minimum atomic E-state index is -0.879. The molecule has 0 aliphatic heterocycles. The molecule has 54 heavy (non-hydrogen) atoms. The first-order chi connectivity index (χ1) is 26.7. The van der Waals surface area contributed by atoms with E-state index in [4.69, 9.17) is 0 Å². The molecule has 0 aliphatic carbocycles. The fourth-order valence-corrected chi connectivity index (χ4v) is 6.57. The van der Waals surface area contributed by atoms with Gasteiger partial charge in [0.25, 0.3) is 0 Å². The molecule has 2 unspecified atom stereocenters. The van der Waals surface area contributed by atoms with E-state index >= 15 is 0 Å². The third-order valence-corrected chi connectivity index (χ3v) is 10.1. The SMILES string of the molecule is CCCCCCC/C=C\C/C=C\C/C=C\CCCCCCCCC(=O)NC(CO)C(O)/C=C/CC/C=C/CC/C=C/CCCCCCCCCCCCC. The number of aliphatic hydroxyl groups is 2. The number of hydrogen-bond donors (Lipinski definition) is 3. The van der Waals surface area contributed by atoms with Crippen molar-refractivity contribution in [1.29, 1.82) is 0 Å². The summed E-state index contributed by atoms with van der Waals surface area (Å²) in [4.78, 5) is 12.4. The topological polar surface area (TPSA) is 69.6 Å². The Morgan fingerprint density at radius 2 is 0.778 bits per heavy atom. The first-order valence-electron chi connectivity index (χ1n) is 23.2. The molecule has 0 spiro atoms. The Morgan fingerprint density at radius 1 is 0.444 bits per heavy atom. The van der Waals surface area contributed by atoms with Gasteiger partial charge in [0.1, 0.15) is 0 Å². The lowest BCUT2D eigenvalue weighted by molar-refractivity contribution is -0.123. The third-order valence-electron chi connectivity index (χ3n) is 10.1. The summed E-state index contributed by atoms with van der Waals surface area (Å²) in [5.41, 5.74) is 0. The van der Waals surface area contributed by atoms with Crippen LogP contribution in [0.25, 0.3) is 0 Å². The van der Waals surface area contributed by atoms with Crippen LogP contribution in [0, 0.1) is 0 Å². The van der Waals surface area contributed by atoms with E-state index in [1.165, 1.54) is 135 Å². The number of hydrogen-bond acceptors (Lipinski definition) is 3. The average Bonchev–Trinajstić information content (AvgIpc) is 3.18. The van der Waals surface area contributed by atoms with Crippen molar-refractivity contribution in [1.82, 2.24) is 5.32 Å². The van der Waals surface area contributed by atoms with E-state index in [1.54, 1.807) is 6.08 Å². The molecule has 4 heteroatoms. The highest BCUT2D eigenvalue weighted by Gasteiger charge is 2.17. The molecule has 4 nitrogen and oxygen atoms in total. The standard InChI is InChI=1S/C50H89NO3/c1-3-5-7-9-11-13-15-17-19-21-23-25-27-29-31-33-35-37-39-41-43-45-49(53)48(47-52)51-50(54)46-44-42-40-38-36-34-32-30-28-26-24-22-20-18-16-14-12-10-8-6-4-2/h16,18,22,24,27-30,35,37,43,45,48-49,52-53H,3-15,17,19-21,23,25-26,31-34,36,38-42,44,46-47H2,1-2H3,(H,51,54)/b18-16-,24-22-,29-27+,30-28-,37-35+,45-43+. The van der Waals surface area contributed by atoms with Gasteiger partial charge in [-0.3, -0.25) is 4.79 Å². The number of aliphatic hydroxyl groups excluding tert-OH is 2. The van der Waals surface area contributed by atoms with Crippen LogP contribution in [0.5, 0.6) is 0 Å². The Balaban J connectivity index is 3.69. The van der Waals surface area contributed by atoms with Gasteiger partial charge in [0.05, 0.1) is 18.8 Å². The molecule has 0 aliphatic rings. The molecule has 0 saturated heterocycles. The Labute approximate surface area is 336 Å². The van der Waals surface area contributed by atoms with Gasteiger partial charge in [-0.25, -0.2) is 0 Å². The summed E-state index contributed by atoms with van der Waals surface area (Å²) >= 11 is 0. The maximum absolute atomic E-state index is 12.4. The quantitative estimate of drug-likeness (QED) is 0.0430. The van der Waals surface area contributed by atoms with Gasteiger partial charge in [-0.2, -0.15) is 0 Å². The molecule has 0 rings (SSSR count). The number of nitrogens with one attached hydrogen (secondary N) is 1. The molecule has 3 N–H and O–H groups in total. The molecule has 0 aromatic carbocycles. The van der Waals surface area contributed by atoms with Crippen molar-refractivity contribution in [2.24, 2.45) is 0 Å². The van der Waals surface area contributed by atoms with Crippen molar-refractivity contribution < 1.29 is 15.0 Å². The van der Waals surface area contributed by atoms with Crippen molar-refractivity contribution in [3.05, 3.63) is 72.9 Å². The van der Waals surface area contributed by atoms with Crippen molar-refractivity contribution in [2.45, 2.75) is 231 Å². The van der Waals surface area contributed by atoms with Gasteiger partial charge in [-0.1, -0.05) is 202 Å². The maximum atomic E-state index is 12.4. The lowest BCUT2D eigenvalue weighted by Crippen LogP contribution is -2.45. The summed E-state index contributed by atoms with van der Waals surface area (Å²) in [7, 11) is 0. The molecule has 0 heterocycles. The van der Waals surface area contributed by atoms with E-state index in [0.717, 1.165) is 64.2 Å². The summed E-state index contributed by atoms with van der Waals surface area (Å²) in [6, 6.07) is -0.656. The van der Waals surface area contributed by atoms with Crippen molar-refractivity contribution in [3.8, 4) is 0 Å². The molecule has 0 fully saturated rings. The Kier molecular flexibility index (Phi) is 43.4. The molecule has 2 atom stereocenters. The van der Waals surface area contributed by atoms with Crippen molar-refractivity contribution in [3.63, 3.8) is 0 Å². The monoisotopic (exact) mass is 752 g/mol. The van der Waals surface area contributed by atoms with Crippen LogP contribution in [-0.2, 0) is 4.79 Å². The van der Waals surface area contributed by atoms with Crippen LogP contribution in [0.15, 0.2) is 72.9 Å². The molecule has 0 aromatic rings. The maximum Gasteiger partial charge on any atom is 0.220 e. The molecule has 0 aromatic heterocycles. The first kappa shape index (κ1) is 51.8. The molecule has 0 radical (unpaired) electrons. The zero-order valence-electron chi connectivity index (χ0n) is 35.7. The molecular weight excluding hydrogens is 663 g/mol. The zero-order valence-corrected chi connectivity index (χ0v) is 35.7. The van der Waals surface area contributed by atoms with Gasteiger partial charge < -0.3 is 15.5 Å². The van der Waals surface area contributed by atoms with Crippen LogP contribution in [0.4, 0.5) is 0 Å². The molecular formula is C50H89NO3. The number of carbonyl (C=O) groups is 1. The minimum Gasteiger partial charge on any atom is -0.394 e. The smallest absolute Gasteiger partial charge is 0.220 e. The fourth-order valence-electron chi connectivity index (χ4n) is 6.57. The summed E-state index contributed by atoms with van der Waals surface area (Å²) in [5.74, 6) is -0.0923. The van der Waals surface area contributed by atoms with Gasteiger partial charge in [0, 0.05) is 6.42 Å². The van der Waals surface area contributed by atoms with Gasteiger partial charge >= 0.3 is 0 Å². The van der Waals surface area contributed by atoms with E-state index in [2.05, 4.69) is 79.9 Å². The predicted molar refractivity (Wildman–Crippen MR) is 239 cm³/mol. The van der Waals surface area contributed by atoms with Crippen molar-refractivity contribution >= 4 is 5.91 Å². The van der Waals surface area contributed by atoms with Crippen molar-refractivity contribution in [2.75, 3.05) is 6.61 Å². The predicted octanol–water partition coefficient (Wildman–Crippen LogP) is 14.7. The van der Waals surface area contributed by atoms with Gasteiger partial charge in [-0.15, -0.1) is 0 Å². The van der Waals surface area contributed by atoms with Crippen LogP contribution in [0.2, 0.25) is 0 Å². The number of carbonyl (C=O) groups excluding carboxylic acids is 1. The average molecular weight is 752 g/mol. The number of unbranched alkanes of at least 4 members (excludes halogenated alkanes) is 24. The fraction of sp³-hybridized carbons (Fsp3) is 0.740. The summed E-state index contributed by atoms with van der Waals surface area (Å²) in [6.07, 6.45) is 64.4. The van der Waals surface area contributed by atoms with Crippen LogP contribution < -0.4 is 5.32 Å². The number of rotatable bonds is 41. The van der Waals surface area contributed by atoms with Gasteiger partial charge in [0.15, 0.2) is 0 Å². The van der Waals surface area contributed by atoms with Crippen LogP contribution >= 0.6 is 0 Å². The molecule has 312 valence electrons. The van der Waals surface area contributed by atoms with Gasteiger partial charge in [0.2, 0.25) is 5.91 Å². The summed E-state index contributed by atoms with van der Waals surface area (Å²) in [5, 5.41) is 23.0. The molecule has 0 bridgehead atoms. The van der Waals surface area contributed by atoms with Crippen LogP contribution in [0.1, 0.15) is 219 Å². The lowest BCUT2D eigenvalue weighted by atomic mass is 10.1. The lowest BCUT2D eigenvalue weighted by Gasteiger charge is -2.19. The van der Waals surface area contributed by atoms with E-state index in [-0.39, 0.29) is 12.5 Å². The second-order valence-electron chi connectivity index (χ2n) is 15.4. The molecule has 1 amide bonds.